The van der Waals surface area contributed by atoms with Crippen LogP contribution in [0.4, 0.5) is 9.93 Å². The number of carbonyl (C=O) groups is 1. The molecule has 1 heterocycles. The second-order valence-electron chi connectivity index (χ2n) is 4.90. The van der Waals surface area contributed by atoms with E-state index in [0.717, 1.165) is 10.6 Å². The minimum Gasteiger partial charge on any atom is -0.389 e. The number of rotatable bonds is 4. The number of aromatic nitrogens is 2. The van der Waals surface area contributed by atoms with E-state index in [0.29, 0.717) is 5.13 Å². The molecule has 0 aliphatic rings. The summed E-state index contributed by atoms with van der Waals surface area (Å²) in [6.45, 7) is 3.39. The van der Waals surface area contributed by atoms with E-state index < -0.39 is 11.6 Å². The average molecular weight is 292 g/mol. The Kier molecular flexibility index (Phi) is 4.31. The Labute approximate surface area is 120 Å². The zero-order chi connectivity index (χ0) is 14.6. The lowest BCUT2D eigenvalue weighted by molar-refractivity contribution is 0.0826. The number of hydrogen-bond donors (Lipinski definition) is 3. The molecule has 0 spiro atoms. The molecule has 0 aliphatic carbocycles. The van der Waals surface area contributed by atoms with Crippen LogP contribution in [0.2, 0.25) is 0 Å². The Morgan fingerprint density at radius 2 is 2.00 bits per heavy atom. The number of anilines is 1. The third kappa shape index (κ3) is 4.29. The number of hydrogen-bond acceptors (Lipinski definition) is 5. The van der Waals surface area contributed by atoms with Gasteiger partial charge in [-0.25, -0.2) is 4.79 Å². The van der Waals surface area contributed by atoms with Crippen molar-refractivity contribution in [1.29, 1.82) is 0 Å². The summed E-state index contributed by atoms with van der Waals surface area (Å²) >= 11 is 1.29. The molecule has 0 unspecified atom stereocenters. The van der Waals surface area contributed by atoms with E-state index in [1.165, 1.54) is 11.3 Å². The Morgan fingerprint density at radius 1 is 1.30 bits per heavy atom. The Hall–Kier alpha value is -1.99. The lowest BCUT2D eigenvalue weighted by Crippen LogP contribution is -2.40. The molecule has 20 heavy (non-hydrogen) atoms. The SMILES string of the molecule is CC(C)(O)CNC(=O)Nc1nnc(-c2ccccc2)s1. The molecule has 2 rings (SSSR count). The minimum absolute atomic E-state index is 0.156. The van der Waals surface area contributed by atoms with Crippen LogP contribution < -0.4 is 10.6 Å². The number of amides is 2. The maximum absolute atomic E-state index is 11.6. The van der Waals surface area contributed by atoms with Crippen molar-refractivity contribution >= 4 is 22.5 Å². The van der Waals surface area contributed by atoms with Crippen molar-refractivity contribution < 1.29 is 9.90 Å². The van der Waals surface area contributed by atoms with Crippen LogP contribution in [-0.4, -0.2) is 33.5 Å². The average Bonchev–Trinajstić information content (AvgIpc) is 2.85. The number of aliphatic hydroxyl groups is 1. The van der Waals surface area contributed by atoms with Gasteiger partial charge < -0.3 is 10.4 Å². The summed E-state index contributed by atoms with van der Waals surface area (Å²) in [6, 6.07) is 9.20. The molecular weight excluding hydrogens is 276 g/mol. The number of urea groups is 1. The highest BCUT2D eigenvalue weighted by atomic mass is 32.1. The van der Waals surface area contributed by atoms with E-state index in [4.69, 9.17) is 0 Å². The van der Waals surface area contributed by atoms with E-state index in [9.17, 15) is 9.90 Å². The molecular formula is C13H16N4O2S. The number of carbonyl (C=O) groups excluding carboxylic acids is 1. The third-order valence-electron chi connectivity index (χ3n) is 2.35. The van der Waals surface area contributed by atoms with Gasteiger partial charge in [-0.3, -0.25) is 5.32 Å². The highest BCUT2D eigenvalue weighted by Gasteiger charge is 2.15. The first-order valence-electron chi connectivity index (χ1n) is 6.10. The predicted octanol–water partition coefficient (Wildman–Crippen LogP) is 2.10. The monoisotopic (exact) mass is 292 g/mol. The fraction of sp³-hybridized carbons (Fsp3) is 0.308. The molecule has 1 aromatic heterocycles. The molecule has 7 heteroatoms. The second kappa shape index (κ2) is 5.98. The lowest BCUT2D eigenvalue weighted by Gasteiger charge is -2.17. The molecule has 6 nitrogen and oxygen atoms in total. The summed E-state index contributed by atoms with van der Waals surface area (Å²) in [5, 5.41) is 23.8. The van der Waals surface area contributed by atoms with Crippen molar-refractivity contribution in [3.8, 4) is 10.6 Å². The van der Waals surface area contributed by atoms with E-state index in [1.54, 1.807) is 13.8 Å². The summed E-state index contributed by atoms with van der Waals surface area (Å²) in [5.41, 5.74) is 0.00293. The topological polar surface area (TPSA) is 87.1 Å². The largest absolute Gasteiger partial charge is 0.389 e. The van der Waals surface area contributed by atoms with E-state index in [-0.39, 0.29) is 6.54 Å². The first-order valence-corrected chi connectivity index (χ1v) is 6.92. The van der Waals surface area contributed by atoms with Gasteiger partial charge in [-0.2, -0.15) is 0 Å². The van der Waals surface area contributed by atoms with Crippen LogP contribution in [0.15, 0.2) is 30.3 Å². The second-order valence-corrected chi connectivity index (χ2v) is 5.88. The van der Waals surface area contributed by atoms with Crippen molar-refractivity contribution in [1.82, 2.24) is 15.5 Å². The van der Waals surface area contributed by atoms with E-state index in [1.807, 2.05) is 30.3 Å². The third-order valence-corrected chi connectivity index (χ3v) is 3.24. The Morgan fingerprint density at radius 3 is 2.65 bits per heavy atom. The summed E-state index contributed by atoms with van der Waals surface area (Å²) in [6.07, 6.45) is 0. The summed E-state index contributed by atoms with van der Waals surface area (Å²) in [5.74, 6) is 0. The van der Waals surface area contributed by atoms with Crippen LogP contribution in [0.5, 0.6) is 0 Å². The van der Waals surface area contributed by atoms with Crippen molar-refractivity contribution in [3.63, 3.8) is 0 Å². The van der Waals surface area contributed by atoms with Gasteiger partial charge in [-0.05, 0) is 13.8 Å². The van der Waals surface area contributed by atoms with E-state index in [2.05, 4.69) is 20.8 Å². The van der Waals surface area contributed by atoms with Crippen molar-refractivity contribution in [2.45, 2.75) is 19.4 Å². The van der Waals surface area contributed by atoms with Gasteiger partial charge in [0.15, 0.2) is 0 Å². The smallest absolute Gasteiger partial charge is 0.321 e. The van der Waals surface area contributed by atoms with Crippen LogP contribution >= 0.6 is 11.3 Å². The molecule has 0 bridgehead atoms. The highest BCUT2D eigenvalue weighted by molar-refractivity contribution is 7.18. The lowest BCUT2D eigenvalue weighted by atomic mass is 10.1. The Balaban J connectivity index is 1.95. The summed E-state index contributed by atoms with van der Waals surface area (Å²) in [7, 11) is 0. The summed E-state index contributed by atoms with van der Waals surface area (Å²) in [4.78, 5) is 11.6. The molecule has 106 valence electrons. The van der Waals surface area contributed by atoms with Crippen LogP contribution in [0.3, 0.4) is 0 Å². The van der Waals surface area contributed by atoms with Crippen LogP contribution in [0.25, 0.3) is 10.6 Å². The fourth-order valence-corrected chi connectivity index (χ4v) is 2.15. The van der Waals surface area contributed by atoms with Gasteiger partial charge in [-0.1, -0.05) is 41.7 Å². The standard InChI is InChI=1S/C13H16N4O2S/c1-13(2,19)8-14-11(18)15-12-17-16-10(20-12)9-6-4-3-5-7-9/h3-7,19H,8H2,1-2H3,(H2,14,15,17,18). The molecule has 0 saturated heterocycles. The molecule has 0 saturated carbocycles. The van der Waals surface area contributed by atoms with Crippen molar-refractivity contribution in [2.24, 2.45) is 0 Å². The molecule has 2 aromatic rings. The summed E-state index contributed by atoms with van der Waals surface area (Å²) < 4.78 is 0. The molecule has 3 N–H and O–H groups in total. The predicted molar refractivity (Wildman–Crippen MR) is 78.7 cm³/mol. The maximum Gasteiger partial charge on any atom is 0.321 e. The van der Waals surface area contributed by atoms with E-state index >= 15 is 0 Å². The molecule has 1 aromatic carbocycles. The quantitative estimate of drug-likeness (QED) is 0.805. The van der Waals surface area contributed by atoms with Crippen LogP contribution in [0.1, 0.15) is 13.8 Å². The first kappa shape index (κ1) is 14.4. The molecule has 0 radical (unpaired) electrons. The molecule has 2 amide bonds. The van der Waals surface area contributed by atoms with Crippen LogP contribution in [0, 0.1) is 0 Å². The zero-order valence-electron chi connectivity index (χ0n) is 11.3. The highest BCUT2D eigenvalue weighted by Crippen LogP contribution is 2.25. The Bertz CT molecular complexity index is 578. The van der Waals surface area contributed by atoms with Gasteiger partial charge in [0.2, 0.25) is 5.13 Å². The van der Waals surface area contributed by atoms with Gasteiger partial charge in [-0.15, -0.1) is 10.2 Å². The fourth-order valence-electron chi connectivity index (χ4n) is 1.41. The van der Waals surface area contributed by atoms with Crippen LogP contribution in [-0.2, 0) is 0 Å². The zero-order valence-corrected chi connectivity index (χ0v) is 12.1. The normalized spacial score (nSPS) is 11.2. The van der Waals surface area contributed by atoms with Gasteiger partial charge in [0, 0.05) is 12.1 Å². The van der Waals surface area contributed by atoms with Gasteiger partial charge in [0.1, 0.15) is 5.01 Å². The molecule has 0 aliphatic heterocycles. The van der Waals surface area contributed by atoms with Gasteiger partial charge in [0.25, 0.3) is 0 Å². The van der Waals surface area contributed by atoms with Gasteiger partial charge >= 0.3 is 6.03 Å². The van der Waals surface area contributed by atoms with Gasteiger partial charge in [0.05, 0.1) is 5.60 Å². The number of nitrogens with one attached hydrogen (secondary N) is 2. The first-order chi connectivity index (χ1) is 9.44. The minimum atomic E-state index is -0.951. The molecule has 0 fully saturated rings. The number of benzene rings is 1. The van der Waals surface area contributed by atoms with Crippen molar-refractivity contribution in [2.75, 3.05) is 11.9 Å². The maximum atomic E-state index is 11.6. The molecule has 0 atom stereocenters. The van der Waals surface area contributed by atoms with Crippen molar-refractivity contribution in [3.05, 3.63) is 30.3 Å². The number of nitrogens with zero attached hydrogens (tertiary/aromatic N) is 2.